The molecule has 0 saturated carbocycles. The Morgan fingerprint density at radius 3 is 2.36 bits per heavy atom. The number of fused-ring (bicyclic) bond motifs is 1. The fourth-order valence-electron chi connectivity index (χ4n) is 4.25. The topological polar surface area (TPSA) is 160 Å². The van der Waals surface area contributed by atoms with Gasteiger partial charge in [0.2, 0.25) is 15.9 Å². The SMILES string of the molecule is CC(C)CN(C[C@@H](O)[C@H](Cc1ccccc1)NC(=O)[C@@H](C)CS(C)(=O)=O)S(=O)(=O)c1ccc2nc(N)sc2c1. The maximum absolute atomic E-state index is 13.7. The Kier molecular flexibility index (Phi) is 10.1. The van der Waals surface area contributed by atoms with Crippen molar-refractivity contribution in [3.8, 4) is 0 Å². The lowest BCUT2D eigenvalue weighted by Gasteiger charge is -2.31. The highest BCUT2D eigenvalue weighted by Crippen LogP contribution is 2.28. The number of aliphatic hydroxyl groups excluding tert-OH is 1. The Morgan fingerprint density at radius 1 is 1.08 bits per heavy atom. The number of sulfone groups is 1. The molecule has 1 aromatic heterocycles. The lowest BCUT2D eigenvalue weighted by molar-refractivity contribution is -0.125. The second-order valence-electron chi connectivity index (χ2n) is 10.3. The van der Waals surface area contributed by atoms with E-state index < -0.39 is 43.8 Å². The van der Waals surface area contributed by atoms with E-state index in [0.717, 1.165) is 11.8 Å². The van der Waals surface area contributed by atoms with Gasteiger partial charge in [0.15, 0.2) is 5.13 Å². The van der Waals surface area contributed by atoms with Crippen LogP contribution in [0.25, 0.3) is 10.2 Å². The number of carbonyl (C=O) groups excluding carboxylic acids is 1. The Morgan fingerprint density at radius 2 is 1.74 bits per heavy atom. The van der Waals surface area contributed by atoms with Crippen molar-refractivity contribution in [2.75, 3.05) is 30.8 Å². The number of benzene rings is 2. The van der Waals surface area contributed by atoms with Gasteiger partial charge in [-0.25, -0.2) is 21.8 Å². The second kappa shape index (κ2) is 12.7. The van der Waals surface area contributed by atoms with Gasteiger partial charge < -0.3 is 16.2 Å². The summed E-state index contributed by atoms with van der Waals surface area (Å²) in [7, 11) is -7.43. The lowest BCUT2D eigenvalue weighted by Crippen LogP contribution is -2.52. The molecule has 39 heavy (non-hydrogen) atoms. The van der Waals surface area contributed by atoms with E-state index in [1.807, 2.05) is 44.2 Å². The molecule has 1 amide bonds. The van der Waals surface area contributed by atoms with Crippen LogP contribution in [0.5, 0.6) is 0 Å². The molecule has 0 saturated heterocycles. The van der Waals surface area contributed by atoms with E-state index in [1.54, 1.807) is 6.07 Å². The number of hydrogen-bond acceptors (Lipinski definition) is 9. The van der Waals surface area contributed by atoms with Gasteiger partial charge in [-0.3, -0.25) is 4.79 Å². The number of nitrogens with zero attached hydrogens (tertiary/aromatic N) is 2. The van der Waals surface area contributed by atoms with E-state index >= 15 is 0 Å². The third-order valence-electron chi connectivity index (χ3n) is 6.06. The lowest BCUT2D eigenvalue weighted by atomic mass is 10.00. The summed E-state index contributed by atoms with van der Waals surface area (Å²) in [6.07, 6.45) is -0.00313. The van der Waals surface area contributed by atoms with E-state index in [1.165, 1.54) is 34.7 Å². The number of thiazole rings is 1. The molecule has 0 spiro atoms. The molecule has 0 aliphatic heterocycles. The number of rotatable bonds is 13. The number of hydrogen-bond donors (Lipinski definition) is 3. The van der Waals surface area contributed by atoms with Gasteiger partial charge in [0.1, 0.15) is 9.84 Å². The number of aromatic nitrogens is 1. The second-order valence-corrected chi connectivity index (χ2v) is 15.4. The fraction of sp³-hybridized carbons (Fsp3) is 0.462. The average molecular weight is 597 g/mol. The molecule has 4 N–H and O–H groups in total. The highest BCUT2D eigenvalue weighted by atomic mass is 32.2. The van der Waals surface area contributed by atoms with Crippen molar-refractivity contribution in [1.82, 2.24) is 14.6 Å². The summed E-state index contributed by atoms with van der Waals surface area (Å²) in [4.78, 5) is 17.1. The van der Waals surface area contributed by atoms with Crippen LogP contribution in [0, 0.1) is 11.8 Å². The first-order valence-electron chi connectivity index (χ1n) is 12.5. The van der Waals surface area contributed by atoms with Crippen molar-refractivity contribution >= 4 is 52.5 Å². The number of nitrogens with two attached hydrogens (primary N) is 1. The van der Waals surface area contributed by atoms with Crippen molar-refractivity contribution in [3.05, 3.63) is 54.1 Å². The Hall–Kier alpha value is -2.58. The van der Waals surface area contributed by atoms with E-state index in [9.17, 15) is 26.7 Å². The smallest absolute Gasteiger partial charge is 0.243 e. The molecule has 0 fully saturated rings. The maximum atomic E-state index is 13.7. The largest absolute Gasteiger partial charge is 0.390 e. The Bertz CT molecular complexity index is 1490. The van der Waals surface area contributed by atoms with Gasteiger partial charge in [0.05, 0.1) is 33.0 Å². The predicted octanol–water partition coefficient (Wildman–Crippen LogP) is 2.29. The molecule has 0 aliphatic carbocycles. The first-order chi connectivity index (χ1) is 18.2. The molecule has 0 radical (unpaired) electrons. The van der Waals surface area contributed by atoms with Crippen molar-refractivity contribution < 1.29 is 26.7 Å². The standard InChI is InChI=1S/C26H36N4O6S3/c1-17(2)14-30(39(35,36)20-10-11-21-24(13-20)37-26(27)29-21)15-23(31)22(12-19-8-6-5-7-9-19)28-25(32)18(3)16-38(4,33)34/h5-11,13,17-18,22-23,31H,12,14-16H2,1-4H3,(H2,27,29)(H,28,32)/t18-,22-,23+/m0/s1. The summed E-state index contributed by atoms with van der Waals surface area (Å²) in [6, 6.07) is 12.9. The van der Waals surface area contributed by atoms with E-state index in [0.29, 0.717) is 15.3 Å². The monoisotopic (exact) mass is 596 g/mol. The Labute approximate surface area is 234 Å². The average Bonchev–Trinajstić information content (AvgIpc) is 3.21. The van der Waals surface area contributed by atoms with Crippen LogP contribution in [0.4, 0.5) is 5.13 Å². The van der Waals surface area contributed by atoms with Crippen LogP contribution in [-0.4, -0.2) is 74.4 Å². The molecule has 3 atom stereocenters. The molecule has 13 heteroatoms. The van der Waals surface area contributed by atoms with Gasteiger partial charge in [0, 0.05) is 25.3 Å². The molecule has 3 rings (SSSR count). The molecule has 3 aromatic rings. The summed E-state index contributed by atoms with van der Waals surface area (Å²) < 4.78 is 52.8. The minimum absolute atomic E-state index is 0.0493. The highest BCUT2D eigenvalue weighted by Gasteiger charge is 2.32. The van der Waals surface area contributed by atoms with Gasteiger partial charge in [0.25, 0.3) is 0 Å². The van der Waals surface area contributed by atoms with Crippen LogP contribution in [0.2, 0.25) is 0 Å². The molecule has 214 valence electrons. The summed E-state index contributed by atoms with van der Waals surface area (Å²) in [5.74, 6) is -1.77. The highest BCUT2D eigenvalue weighted by molar-refractivity contribution is 7.90. The van der Waals surface area contributed by atoms with Gasteiger partial charge in [-0.15, -0.1) is 0 Å². The van der Waals surface area contributed by atoms with Crippen LogP contribution in [0.15, 0.2) is 53.4 Å². The summed E-state index contributed by atoms with van der Waals surface area (Å²) in [6.45, 7) is 5.11. The summed E-state index contributed by atoms with van der Waals surface area (Å²) in [5.41, 5.74) is 7.20. The maximum Gasteiger partial charge on any atom is 0.243 e. The zero-order valence-electron chi connectivity index (χ0n) is 22.4. The van der Waals surface area contributed by atoms with Gasteiger partial charge in [-0.2, -0.15) is 4.31 Å². The van der Waals surface area contributed by atoms with Crippen molar-refractivity contribution in [3.63, 3.8) is 0 Å². The van der Waals surface area contributed by atoms with E-state index in [-0.39, 0.29) is 36.1 Å². The van der Waals surface area contributed by atoms with Crippen LogP contribution in [0.3, 0.4) is 0 Å². The number of carbonyl (C=O) groups is 1. The third-order valence-corrected chi connectivity index (χ3v) is 9.85. The van der Waals surface area contributed by atoms with Gasteiger partial charge in [-0.05, 0) is 36.1 Å². The van der Waals surface area contributed by atoms with Gasteiger partial charge in [-0.1, -0.05) is 62.4 Å². The molecule has 2 aromatic carbocycles. The molecular formula is C26H36N4O6S3. The summed E-state index contributed by atoms with van der Waals surface area (Å²) in [5, 5.41) is 14.4. The Balaban J connectivity index is 1.90. The zero-order valence-corrected chi connectivity index (χ0v) is 24.9. The van der Waals surface area contributed by atoms with Crippen molar-refractivity contribution in [2.24, 2.45) is 11.8 Å². The summed E-state index contributed by atoms with van der Waals surface area (Å²) >= 11 is 1.19. The number of nitrogens with one attached hydrogen (secondary N) is 1. The van der Waals surface area contributed by atoms with Crippen LogP contribution in [-0.2, 0) is 31.1 Å². The number of nitrogen functional groups attached to an aromatic ring is 1. The minimum atomic E-state index is -4.03. The first kappa shape index (κ1) is 31.0. The first-order valence-corrected chi connectivity index (χ1v) is 16.8. The molecule has 0 aliphatic rings. The normalized spacial score (nSPS) is 14.9. The number of amides is 1. The quantitative estimate of drug-likeness (QED) is 0.271. The fourth-order valence-corrected chi connectivity index (χ4v) is 7.81. The number of aliphatic hydroxyl groups is 1. The van der Waals surface area contributed by atoms with Crippen molar-refractivity contribution in [2.45, 2.75) is 44.2 Å². The number of sulfonamides is 1. The van der Waals surface area contributed by atoms with Gasteiger partial charge >= 0.3 is 0 Å². The van der Waals surface area contributed by atoms with Crippen molar-refractivity contribution in [1.29, 1.82) is 0 Å². The molecular weight excluding hydrogens is 561 g/mol. The van der Waals surface area contributed by atoms with E-state index in [4.69, 9.17) is 5.73 Å². The number of anilines is 1. The third kappa shape index (κ3) is 8.70. The van der Waals surface area contributed by atoms with Crippen LogP contribution >= 0.6 is 11.3 Å². The zero-order chi connectivity index (χ0) is 29.0. The molecule has 0 unspecified atom stereocenters. The van der Waals surface area contributed by atoms with E-state index in [2.05, 4.69) is 10.3 Å². The van der Waals surface area contributed by atoms with Crippen LogP contribution in [0.1, 0.15) is 26.3 Å². The molecule has 0 bridgehead atoms. The molecule has 1 heterocycles. The minimum Gasteiger partial charge on any atom is -0.390 e. The predicted molar refractivity (Wildman–Crippen MR) is 155 cm³/mol. The van der Waals surface area contributed by atoms with Crippen LogP contribution < -0.4 is 11.1 Å². The molecule has 10 nitrogen and oxygen atoms in total.